The van der Waals surface area contributed by atoms with Crippen LogP contribution in [0.15, 0.2) is 41.3 Å². The lowest BCUT2D eigenvalue weighted by Crippen LogP contribution is -2.39. The van der Waals surface area contributed by atoms with Gasteiger partial charge < -0.3 is 4.90 Å². The summed E-state index contributed by atoms with van der Waals surface area (Å²) in [7, 11) is -3.34. The molecule has 8 heteroatoms. The summed E-state index contributed by atoms with van der Waals surface area (Å²) in [4.78, 5) is 22.7. The molecular formula is C26H35N3O3S2. The molecule has 0 spiro atoms. The molecule has 0 fully saturated rings. The minimum atomic E-state index is -3.34. The zero-order valence-electron chi connectivity index (χ0n) is 21.0. The zero-order valence-corrected chi connectivity index (χ0v) is 22.6. The highest BCUT2D eigenvalue weighted by Crippen LogP contribution is 2.32. The second kappa shape index (κ2) is 11.0. The topological polar surface area (TPSA) is 70.6 Å². The van der Waals surface area contributed by atoms with Crippen molar-refractivity contribution < 1.29 is 13.2 Å². The Labute approximate surface area is 207 Å². The summed E-state index contributed by atoms with van der Waals surface area (Å²) in [6.45, 7) is 14.9. The molecule has 3 rings (SSSR count). The van der Waals surface area contributed by atoms with Gasteiger partial charge >= 0.3 is 0 Å². The second-order valence-corrected chi connectivity index (χ2v) is 12.4. The van der Waals surface area contributed by atoms with Crippen LogP contribution in [0.4, 0.5) is 5.13 Å². The van der Waals surface area contributed by atoms with E-state index in [1.165, 1.54) is 16.9 Å². The molecule has 0 aliphatic heterocycles. The molecule has 0 radical (unpaired) electrons. The summed E-state index contributed by atoms with van der Waals surface area (Å²) in [5.41, 5.74) is 4.05. The van der Waals surface area contributed by atoms with E-state index in [1.807, 2.05) is 0 Å². The van der Waals surface area contributed by atoms with E-state index in [9.17, 15) is 13.2 Å². The van der Waals surface area contributed by atoms with E-state index in [0.717, 1.165) is 41.0 Å². The number of amides is 1. The van der Waals surface area contributed by atoms with Gasteiger partial charge in [0.2, 0.25) is 5.91 Å². The lowest BCUT2D eigenvalue weighted by atomic mass is 10.1. The standard InChI is InChI=1S/C26H35N3O3S2/c1-7-28(8-2)15-16-29(26-27-25-20(6)19(5)9-14-23(25)33-26)24(30)17-21-10-12-22(13-11-21)34(31,32)18(3)4/h9-14,18H,7-8,15-17H2,1-6H3. The van der Waals surface area contributed by atoms with Crippen molar-refractivity contribution in [1.29, 1.82) is 0 Å². The Morgan fingerprint density at radius 2 is 1.65 bits per heavy atom. The largest absolute Gasteiger partial charge is 0.302 e. The van der Waals surface area contributed by atoms with E-state index in [1.54, 1.807) is 43.0 Å². The van der Waals surface area contributed by atoms with Gasteiger partial charge in [0.1, 0.15) is 0 Å². The third-order valence-electron chi connectivity index (χ3n) is 6.37. The number of hydrogen-bond acceptors (Lipinski definition) is 6. The van der Waals surface area contributed by atoms with Crippen LogP contribution in [0.2, 0.25) is 0 Å². The minimum Gasteiger partial charge on any atom is -0.302 e. The minimum absolute atomic E-state index is 0.0416. The average Bonchev–Trinajstić information content (AvgIpc) is 3.24. The van der Waals surface area contributed by atoms with Crippen LogP contribution in [0.5, 0.6) is 0 Å². The van der Waals surface area contributed by atoms with E-state index in [4.69, 9.17) is 4.98 Å². The molecule has 1 heterocycles. The highest BCUT2D eigenvalue weighted by atomic mass is 32.2. The number of fused-ring (bicyclic) bond motifs is 1. The van der Waals surface area contributed by atoms with Crippen molar-refractivity contribution in [2.75, 3.05) is 31.1 Å². The highest BCUT2D eigenvalue weighted by Gasteiger charge is 2.23. The van der Waals surface area contributed by atoms with Crippen molar-refractivity contribution in [3.8, 4) is 0 Å². The Balaban J connectivity index is 1.89. The number of rotatable bonds is 10. The smallest absolute Gasteiger partial charge is 0.233 e. The molecule has 0 aliphatic rings. The number of carbonyl (C=O) groups is 1. The SMILES string of the molecule is CCN(CC)CCN(C(=O)Cc1ccc(S(=O)(=O)C(C)C)cc1)c1nc2c(C)c(C)ccc2s1. The molecule has 34 heavy (non-hydrogen) atoms. The maximum Gasteiger partial charge on any atom is 0.233 e. The number of benzene rings is 2. The van der Waals surface area contributed by atoms with Gasteiger partial charge in [0, 0.05) is 13.1 Å². The van der Waals surface area contributed by atoms with Gasteiger partial charge in [0.05, 0.1) is 26.8 Å². The maximum absolute atomic E-state index is 13.5. The molecule has 0 saturated heterocycles. The lowest BCUT2D eigenvalue weighted by molar-refractivity contribution is -0.118. The van der Waals surface area contributed by atoms with Crippen LogP contribution in [-0.2, 0) is 21.1 Å². The van der Waals surface area contributed by atoms with Crippen LogP contribution < -0.4 is 4.90 Å². The summed E-state index contributed by atoms with van der Waals surface area (Å²) in [6, 6.07) is 10.8. The van der Waals surface area contributed by atoms with Gasteiger partial charge in [-0.05, 0) is 75.7 Å². The Kier molecular flexibility index (Phi) is 8.49. The molecule has 0 aliphatic carbocycles. The number of likely N-dealkylation sites (N-methyl/N-ethyl adjacent to an activating group) is 1. The summed E-state index contributed by atoms with van der Waals surface area (Å²) in [5.74, 6) is -0.0416. The van der Waals surface area contributed by atoms with Gasteiger partial charge in [-0.25, -0.2) is 13.4 Å². The van der Waals surface area contributed by atoms with E-state index >= 15 is 0 Å². The Bertz CT molecular complexity index is 1240. The fourth-order valence-electron chi connectivity index (χ4n) is 3.78. The quantitative estimate of drug-likeness (QED) is 0.390. The van der Waals surface area contributed by atoms with Crippen molar-refractivity contribution in [2.24, 2.45) is 0 Å². The molecule has 6 nitrogen and oxygen atoms in total. The molecule has 1 amide bonds. The van der Waals surface area contributed by atoms with Crippen LogP contribution in [0.1, 0.15) is 44.4 Å². The van der Waals surface area contributed by atoms with Crippen LogP contribution in [0.3, 0.4) is 0 Å². The maximum atomic E-state index is 13.5. The third kappa shape index (κ3) is 5.67. The third-order valence-corrected chi connectivity index (χ3v) is 9.58. The molecule has 0 N–H and O–H groups in total. The van der Waals surface area contributed by atoms with Crippen LogP contribution in [0.25, 0.3) is 10.2 Å². The first-order valence-corrected chi connectivity index (χ1v) is 14.2. The molecule has 0 saturated carbocycles. The van der Waals surface area contributed by atoms with Gasteiger partial charge in [-0.1, -0.05) is 43.4 Å². The molecule has 0 unspecified atom stereocenters. The van der Waals surface area contributed by atoms with Gasteiger partial charge in [-0.15, -0.1) is 0 Å². The molecule has 0 bridgehead atoms. The lowest BCUT2D eigenvalue weighted by Gasteiger charge is -2.24. The van der Waals surface area contributed by atoms with Gasteiger partial charge in [0.15, 0.2) is 15.0 Å². The predicted octanol–water partition coefficient (Wildman–Crippen LogP) is 5.01. The predicted molar refractivity (Wildman–Crippen MR) is 142 cm³/mol. The number of aromatic nitrogens is 1. The number of anilines is 1. The highest BCUT2D eigenvalue weighted by molar-refractivity contribution is 7.92. The first kappa shape index (κ1) is 26.3. The first-order chi connectivity index (χ1) is 16.1. The molecule has 1 aromatic heterocycles. The molecule has 2 aromatic carbocycles. The van der Waals surface area contributed by atoms with E-state index in [-0.39, 0.29) is 17.2 Å². The fraction of sp³-hybridized carbons (Fsp3) is 0.462. The normalized spacial score (nSPS) is 12.1. The fourth-order valence-corrected chi connectivity index (χ4v) is 5.91. The van der Waals surface area contributed by atoms with Crippen molar-refractivity contribution in [1.82, 2.24) is 9.88 Å². The van der Waals surface area contributed by atoms with Crippen molar-refractivity contribution in [3.63, 3.8) is 0 Å². The Morgan fingerprint density at radius 3 is 2.24 bits per heavy atom. The van der Waals surface area contributed by atoms with Crippen LogP contribution >= 0.6 is 11.3 Å². The van der Waals surface area contributed by atoms with Gasteiger partial charge in [0.25, 0.3) is 0 Å². The summed E-state index contributed by atoms with van der Waals surface area (Å²) in [6.07, 6.45) is 0.189. The number of nitrogens with zero attached hydrogens (tertiary/aromatic N) is 3. The molecule has 184 valence electrons. The van der Waals surface area contributed by atoms with Crippen LogP contribution in [-0.4, -0.2) is 55.6 Å². The van der Waals surface area contributed by atoms with Crippen LogP contribution in [0, 0.1) is 13.8 Å². The Morgan fingerprint density at radius 1 is 1.00 bits per heavy atom. The molecule has 3 aromatic rings. The van der Waals surface area contributed by atoms with E-state index in [0.29, 0.717) is 11.7 Å². The van der Waals surface area contributed by atoms with Gasteiger partial charge in [-0.3, -0.25) is 9.69 Å². The second-order valence-electron chi connectivity index (χ2n) is 8.84. The summed E-state index contributed by atoms with van der Waals surface area (Å²) in [5, 5.41) is 0.224. The number of carbonyl (C=O) groups excluding carboxylic acids is 1. The van der Waals surface area contributed by atoms with Crippen molar-refractivity contribution in [2.45, 2.75) is 58.1 Å². The summed E-state index contributed by atoms with van der Waals surface area (Å²) < 4.78 is 25.9. The van der Waals surface area contributed by atoms with Crippen molar-refractivity contribution >= 4 is 42.4 Å². The first-order valence-electron chi connectivity index (χ1n) is 11.8. The molecular weight excluding hydrogens is 466 g/mol. The number of hydrogen-bond donors (Lipinski definition) is 0. The monoisotopic (exact) mass is 501 g/mol. The number of thiazole rings is 1. The summed E-state index contributed by atoms with van der Waals surface area (Å²) >= 11 is 1.54. The molecule has 0 atom stereocenters. The van der Waals surface area contributed by atoms with E-state index in [2.05, 4.69) is 44.7 Å². The van der Waals surface area contributed by atoms with Gasteiger partial charge in [-0.2, -0.15) is 0 Å². The van der Waals surface area contributed by atoms with E-state index < -0.39 is 15.1 Å². The van der Waals surface area contributed by atoms with Crippen molar-refractivity contribution in [3.05, 3.63) is 53.1 Å². The average molecular weight is 502 g/mol. The number of aryl methyl sites for hydroxylation is 2. The Hall–Kier alpha value is -2.29. The number of sulfone groups is 1. The zero-order chi connectivity index (χ0) is 25.0.